The first-order chi connectivity index (χ1) is 40.2. The van der Waals surface area contributed by atoms with Gasteiger partial charge in [-0.2, -0.15) is 26.3 Å². The van der Waals surface area contributed by atoms with Gasteiger partial charge in [-0.05, 0) is 121 Å². The zero-order valence-corrected chi connectivity index (χ0v) is 51.5. The predicted molar refractivity (Wildman–Crippen MR) is 337 cm³/mol. The lowest BCUT2D eigenvalue weighted by Crippen LogP contribution is -2.44. The number of carbonyl (C=O) groups is 2. The van der Waals surface area contributed by atoms with Crippen LogP contribution >= 0.6 is 0 Å². The van der Waals surface area contributed by atoms with E-state index in [1.807, 2.05) is 161 Å². The molecule has 0 aliphatic carbocycles. The fraction of sp³-hybridized carbons (Fsp3) is 0.418. The lowest BCUT2D eigenvalue weighted by atomic mass is 9.98. The standard InChI is InChI=1S/C29H31F3N5O.C26H38N4O.C8H11F3.2C2H6/c1-2-35-37-18-9-4-3-8-14-26(37)25(19-22-11-6-5-7-12-22)28(38)36-17-10-13-24(36)21-34-27-16-15-23(20-33-27)29(30,31)32;1-8-12-13-15-21(5)24(27-7)25(29(17-9-2)18-10-3)26(31)30-19-14-16-23(30)20-28-22(6)11-4;1-4-6(2)5-7(3)8(9,10)11;2*1-2/h3-7,9,11-12,15-16,18,20,24H,8,10,13-14,17,19,21H2,1H3,(H,33,34);8-13,15,18,23,28H,2,5,7,14,16-17,19-20H2,1,3-4,6H3;5H,3-4H2,1-2H3;2*1-2H3/q+1;;;;/b4-3-,18-9-,26-25+;12-8-,15-13-,18-10-,22-11+,25-24-;6-5+;;/t24-;23-;;;/m00.../s1. The van der Waals surface area contributed by atoms with Gasteiger partial charge in [-0.25, -0.2) is 4.98 Å². The van der Waals surface area contributed by atoms with E-state index in [0.717, 1.165) is 73.9 Å². The minimum Gasteiger partial charge on any atom is -0.387 e. The van der Waals surface area contributed by atoms with Crippen LogP contribution in [0.15, 0.2) is 198 Å². The van der Waals surface area contributed by atoms with Gasteiger partial charge < -0.3 is 25.3 Å². The number of hydrogen-bond acceptors (Lipinski definition) is 8. The Kier molecular flexibility index (Phi) is 35.6. The summed E-state index contributed by atoms with van der Waals surface area (Å²) in [6.45, 7) is 38.6. The van der Waals surface area contributed by atoms with E-state index in [2.05, 4.69) is 64.2 Å². The van der Waals surface area contributed by atoms with Crippen molar-refractivity contribution in [1.82, 2.24) is 30.0 Å². The van der Waals surface area contributed by atoms with Crippen LogP contribution in [0, 0.1) is 6.07 Å². The number of nitrogens with one attached hydrogen (secondary N) is 2. The van der Waals surface area contributed by atoms with Gasteiger partial charge in [-0.3, -0.25) is 14.6 Å². The summed E-state index contributed by atoms with van der Waals surface area (Å²) in [5.41, 5.74) is 4.33. The number of halogens is 6. The van der Waals surface area contributed by atoms with Crippen molar-refractivity contribution < 1.29 is 35.9 Å². The van der Waals surface area contributed by atoms with Crippen molar-refractivity contribution in [2.24, 2.45) is 4.99 Å². The van der Waals surface area contributed by atoms with Crippen LogP contribution in [0.25, 0.3) is 4.95 Å². The second kappa shape index (κ2) is 40.4. The topological polar surface area (TPSA) is 101 Å². The van der Waals surface area contributed by atoms with Crippen LogP contribution in [0.5, 0.6) is 0 Å². The van der Waals surface area contributed by atoms with Gasteiger partial charge in [0.25, 0.3) is 11.8 Å². The van der Waals surface area contributed by atoms with E-state index in [-0.39, 0.29) is 23.9 Å². The summed E-state index contributed by atoms with van der Waals surface area (Å²) in [6, 6.07) is 15.0. The molecular weight excluding hydrogens is 1080 g/mol. The Bertz CT molecular complexity index is 2750. The normalized spacial score (nSPS) is 17.8. The third-order valence-corrected chi connectivity index (χ3v) is 13.0. The highest BCUT2D eigenvalue weighted by Gasteiger charge is 2.36. The minimum absolute atomic E-state index is 0.0530. The second-order valence-corrected chi connectivity index (χ2v) is 18.9. The first kappa shape index (κ1) is 74.1. The molecule has 2 fully saturated rings. The number of rotatable bonds is 20. The number of amides is 2. The summed E-state index contributed by atoms with van der Waals surface area (Å²) < 4.78 is 74.0. The highest BCUT2D eigenvalue weighted by molar-refractivity contribution is 5.96. The van der Waals surface area contributed by atoms with Crippen LogP contribution in [0.1, 0.15) is 132 Å². The Morgan fingerprint density at radius 2 is 1.54 bits per heavy atom. The molecule has 458 valence electrons. The molecule has 84 heavy (non-hydrogen) atoms. The number of benzene rings is 1. The Hall–Kier alpha value is -7.87. The van der Waals surface area contributed by atoms with Crippen molar-refractivity contribution in [1.29, 1.82) is 0 Å². The van der Waals surface area contributed by atoms with E-state index < -0.39 is 23.5 Å². The van der Waals surface area contributed by atoms with E-state index in [1.165, 1.54) is 6.07 Å². The Morgan fingerprint density at radius 1 is 0.893 bits per heavy atom. The third-order valence-electron chi connectivity index (χ3n) is 13.0. The number of alkyl halides is 6. The highest BCUT2D eigenvalue weighted by Crippen LogP contribution is 2.32. The molecule has 0 spiro atoms. The molecule has 2 saturated heterocycles. The number of nitrogens with zero attached hydrogens (tertiary/aromatic N) is 7. The molecule has 0 saturated carbocycles. The van der Waals surface area contributed by atoms with Gasteiger partial charge >= 0.3 is 18.4 Å². The lowest BCUT2D eigenvalue weighted by Gasteiger charge is -2.31. The fourth-order valence-electron chi connectivity index (χ4n) is 8.61. The van der Waals surface area contributed by atoms with Crippen molar-refractivity contribution in [3.05, 3.63) is 209 Å². The van der Waals surface area contributed by atoms with Crippen molar-refractivity contribution in [2.45, 2.75) is 152 Å². The molecule has 2 atom stereocenters. The number of aliphatic imine (C=N–C) groups is 1. The molecular formula is C67H92F6N9O2+. The molecule has 0 unspecified atom stereocenters. The minimum atomic E-state index is -4.43. The maximum atomic E-state index is 14.1. The molecule has 4 heterocycles. The van der Waals surface area contributed by atoms with Crippen molar-refractivity contribution in [3.63, 3.8) is 0 Å². The van der Waals surface area contributed by atoms with Crippen LogP contribution in [-0.4, -0.2) is 94.2 Å². The average Bonchev–Trinajstić information content (AvgIpc) is 3.76. The maximum absolute atomic E-state index is 14.1. The quantitative estimate of drug-likeness (QED) is 0.0448. The number of anilines is 1. The van der Waals surface area contributed by atoms with E-state index >= 15 is 0 Å². The van der Waals surface area contributed by atoms with Gasteiger partial charge in [0.15, 0.2) is 0 Å². The number of allylic oxidation sites excluding steroid dienone is 14. The molecule has 0 radical (unpaired) electrons. The molecule has 1 aromatic heterocycles. The molecule has 3 aliphatic rings. The van der Waals surface area contributed by atoms with Crippen LogP contribution in [0.4, 0.5) is 32.2 Å². The molecule has 17 heteroatoms. The first-order valence-corrected chi connectivity index (χ1v) is 28.8. The summed E-state index contributed by atoms with van der Waals surface area (Å²) in [5.74, 6) is 0.226. The third kappa shape index (κ3) is 25.3. The van der Waals surface area contributed by atoms with Gasteiger partial charge in [0, 0.05) is 80.5 Å². The number of pyridine rings is 1. The zero-order chi connectivity index (χ0) is 63.3. The van der Waals surface area contributed by atoms with E-state index in [9.17, 15) is 35.9 Å². The van der Waals surface area contributed by atoms with Gasteiger partial charge in [0.2, 0.25) is 0 Å². The molecule has 2 N–H and O–H groups in total. The SMILES string of the molecule is C=C(/C=C(\C)CC)C(F)(F)F.C=CCN(/C=C\C)/C(C(=O)N1CCC[C@H]1CN/C(C)=C/C)=C(\N=C)C(=C)/C=C\C=C/C.CC.CC.CC#[N+]N1/C=C\C=C/CC/C1=C(/Cc1ccccc1)C(=O)N1CCC[C@H]1CNc1ccc(C(F)(F)F)cn1. The summed E-state index contributed by atoms with van der Waals surface area (Å²) >= 11 is 0. The molecule has 1 aromatic carbocycles. The van der Waals surface area contributed by atoms with Gasteiger partial charge in [-0.15, -0.1) is 6.58 Å². The number of carbonyl (C=O) groups excluding carboxylic acids is 2. The Balaban J connectivity index is 0.000000688. The second-order valence-electron chi connectivity index (χ2n) is 18.9. The van der Waals surface area contributed by atoms with Crippen molar-refractivity contribution in [3.8, 4) is 6.07 Å². The zero-order valence-electron chi connectivity index (χ0n) is 51.5. The number of hydrogen-bond donors (Lipinski definition) is 2. The number of aromatic nitrogens is 1. The first-order valence-electron chi connectivity index (χ1n) is 28.8. The van der Waals surface area contributed by atoms with Crippen LogP contribution in [0.3, 0.4) is 0 Å². The van der Waals surface area contributed by atoms with Crippen LogP contribution < -0.4 is 10.6 Å². The molecule has 0 bridgehead atoms. The average molecular weight is 1170 g/mol. The Labute approximate surface area is 498 Å². The summed E-state index contributed by atoms with van der Waals surface area (Å²) in [7, 11) is 0. The molecule has 2 aromatic rings. The largest absolute Gasteiger partial charge is 0.417 e. The molecule has 2 amide bonds. The van der Waals surface area contributed by atoms with Gasteiger partial charge in [0.05, 0.1) is 29.3 Å². The fourth-order valence-corrected chi connectivity index (χ4v) is 8.61. The monoisotopic (exact) mass is 1170 g/mol. The molecule has 3 aliphatic heterocycles. The van der Waals surface area contributed by atoms with E-state index in [0.29, 0.717) is 79.4 Å². The van der Waals surface area contributed by atoms with E-state index in [1.54, 1.807) is 31.9 Å². The van der Waals surface area contributed by atoms with Gasteiger partial charge in [0.1, 0.15) is 17.2 Å². The number of likely N-dealkylation sites (tertiary alicyclic amines) is 2. The highest BCUT2D eigenvalue weighted by atomic mass is 19.4. The lowest BCUT2D eigenvalue weighted by molar-refractivity contribution is -0.138. The van der Waals surface area contributed by atoms with Crippen LogP contribution in [0.2, 0.25) is 0 Å². The summed E-state index contributed by atoms with van der Waals surface area (Å²) in [4.78, 5) is 46.2. The predicted octanol–water partition coefficient (Wildman–Crippen LogP) is 17.1. The Morgan fingerprint density at radius 3 is 2.07 bits per heavy atom. The smallest absolute Gasteiger partial charge is 0.387 e. The van der Waals surface area contributed by atoms with Crippen molar-refractivity contribution >= 4 is 24.3 Å². The molecule has 11 nitrogen and oxygen atoms in total. The maximum Gasteiger partial charge on any atom is 0.417 e. The molecule has 5 rings (SSSR count). The summed E-state index contributed by atoms with van der Waals surface area (Å²) in [6.07, 6.45) is 22.1. The van der Waals surface area contributed by atoms with Crippen molar-refractivity contribution in [2.75, 3.05) is 38.0 Å². The van der Waals surface area contributed by atoms with Gasteiger partial charge in [-0.1, -0.05) is 144 Å². The van der Waals surface area contributed by atoms with E-state index in [4.69, 9.17) is 0 Å². The van der Waals surface area contributed by atoms with Crippen LogP contribution in [-0.2, 0) is 22.2 Å². The summed E-state index contributed by atoms with van der Waals surface area (Å²) in [5, 5.41) is 8.26.